The summed E-state index contributed by atoms with van der Waals surface area (Å²) in [7, 11) is 1.53. The molecule has 0 aliphatic rings. The lowest BCUT2D eigenvalue weighted by Crippen LogP contribution is -1.94. The van der Waals surface area contributed by atoms with Gasteiger partial charge in [0.2, 0.25) is 0 Å². The highest BCUT2D eigenvalue weighted by Gasteiger charge is 2.03. The van der Waals surface area contributed by atoms with Crippen LogP contribution in [0, 0.1) is 0 Å². The van der Waals surface area contributed by atoms with Crippen molar-refractivity contribution in [3.8, 4) is 17.2 Å². The van der Waals surface area contributed by atoms with E-state index in [-0.39, 0.29) is 17.3 Å². The minimum absolute atomic E-state index is 0.0892. The summed E-state index contributed by atoms with van der Waals surface area (Å²) in [6.45, 7) is 0. The summed E-state index contributed by atoms with van der Waals surface area (Å²) in [4.78, 5) is 11.9. The molecule has 0 aromatic heterocycles. The van der Waals surface area contributed by atoms with Gasteiger partial charge in [-0.05, 0) is 60.7 Å². The molecule has 0 aliphatic heterocycles. The van der Waals surface area contributed by atoms with E-state index in [9.17, 15) is 15.0 Å². The molecule has 0 heterocycles. The van der Waals surface area contributed by atoms with Gasteiger partial charge < -0.3 is 14.9 Å². The highest BCUT2D eigenvalue weighted by Crippen LogP contribution is 2.26. The molecule has 126 valence electrons. The van der Waals surface area contributed by atoms with E-state index in [1.54, 1.807) is 42.5 Å². The molecule has 0 spiro atoms. The Hall–Kier alpha value is -2.75. The monoisotopic (exact) mass is 326 g/mol. The number of methoxy groups -OCH3 is 1. The quantitative estimate of drug-likeness (QED) is 0.566. The van der Waals surface area contributed by atoms with Crippen molar-refractivity contribution in [3.05, 3.63) is 59.7 Å². The molecule has 0 radical (unpaired) electrons. The largest absolute Gasteiger partial charge is 0.508 e. The first-order chi connectivity index (χ1) is 11.6. The van der Waals surface area contributed by atoms with Crippen LogP contribution < -0.4 is 4.74 Å². The van der Waals surface area contributed by atoms with Crippen LogP contribution in [0.2, 0.25) is 0 Å². The fourth-order valence-electron chi connectivity index (χ4n) is 2.36. The maximum Gasteiger partial charge on any atom is 0.160 e. The Labute approximate surface area is 142 Å². The van der Waals surface area contributed by atoms with Crippen molar-refractivity contribution in [2.45, 2.75) is 25.7 Å². The van der Waals surface area contributed by atoms with Gasteiger partial charge in [0.1, 0.15) is 5.75 Å². The third kappa shape index (κ3) is 5.47. The molecule has 2 aromatic carbocycles. The van der Waals surface area contributed by atoms with Crippen LogP contribution in [0.25, 0.3) is 6.08 Å². The fourth-order valence-corrected chi connectivity index (χ4v) is 2.36. The van der Waals surface area contributed by atoms with Crippen LogP contribution in [-0.2, 0) is 11.2 Å². The maximum absolute atomic E-state index is 11.9. The number of hydrogen-bond donors (Lipinski definition) is 2. The van der Waals surface area contributed by atoms with Gasteiger partial charge in [0.15, 0.2) is 17.3 Å². The number of hydrogen-bond acceptors (Lipinski definition) is 4. The lowest BCUT2D eigenvalue weighted by Gasteiger charge is -2.06. The molecule has 2 rings (SSSR count). The van der Waals surface area contributed by atoms with E-state index in [2.05, 4.69) is 0 Å². The number of aryl methyl sites for hydroxylation is 1. The molecule has 0 aliphatic carbocycles. The number of ketones is 1. The van der Waals surface area contributed by atoms with Gasteiger partial charge in [0.25, 0.3) is 0 Å². The molecular weight excluding hydrogens is 304 g/mol. The number of ether oxygens (including phenoxy) is 1. The summed E-state index contributed by atoms with van der Waals surface area (Å²) in [5.41, 5.74) is 1.97. The second-order valence-corrected chi connectivity index (χ2v) is 5.60. The number of benzene rings is 2. The van der Waals surface area contributed by atoms with Crippen molar-refractivity contribution < 1.29 is 19.7 Å². The number of phenols is 2. The summed E-state index contributed by atoms with van der Waals surface area (Å²) in [6.07, 6.45) is 6.38. The number of allylic oxidation sites excluding steroid dienone is 1. The van der Waals surface area contributed by atoms with Crippen LogP contribution in [0.5, 0.6) is 17.2 Å². The molecule has 4 heteroatoms. The van der Waals surface area contributed by atoms with Crippen molar-refractivity contribution in [1.29, 1.82) is 0 Å². The van der Waals surface area contributed by atoms with Gasteiger partial charge in [-0.3, -0.25) is 4.79 Å². The van der Waals surface area contributed by atoms with Crippen molar-refractivity contribution in [2.24, 2.45) is 0 Å². The molecule has 0 amide bonds. The number of rotatable bonds is 8. The molecule has 0 saturated carbocycles. The summed E-state index contributed by atoms with van der Waals surface area (Å²) in [5.74, 6) is 0.909. The molecule has 4 nitrogen and oxygen atoms in total. The van der Waals surface area contributed by atoms with Gasteiger partial charge in [0, 0.05) is 6.42 Å². The molecule has 0 fully saturated rings. The lowest BCUT2D eigenvalue weighted by molar-refractivity contribution is -0.114. The Kier molecular flexibility index (Phi) is 6.43. The Balaban J connectivity index is 1.73. The minimum atomic E-state index is 0.0892. The Morgan fingerprint density at radius 1 is 1.08 bits per heavy atom. The molecule has 0 bridgehead atoms. The average Bonchev–Trinajstić information content (AvgIpc) is 2.59. The number of unbranched alkanes of at least 4 members (excludes halogenated alkanes) is 1. The van der Waals surface area contributed by atoms with E-state index < -0.39 is 0 Å². The van der Waals surface area contributed by atoms with Crippen LogP contribution >= 0.6 is 0 Å². The van der Waals surface area contributed by atoms with E-state index in [0.29, 0.717) is 12.2 Å². The second kappa shape index (κ2) is 8.77. The normalized spacial score (nSPS) is 10.9. The topological polar surface area (TPSA) is 66.8 Å². The SMILES string of the molecule is COc1cc(CCCCC(=O)/C=C/c2ccc(O)cc2)ccc1O. The van der Waals surface area contributed by atoms with E-state index in [0.717, 1.165) is 30.4 Å². The van der Waals surface area contributed by atoms with Gasteiger partial charge in [-0.25, -0.2) is 0 Å². The molecule has 2 N–H and O–H groups in total. The molecule has 2 aromatic rings. The number of carbonyl (C=O) groups excluding carboxylic acids is 1. The van der Waals surface area contributed by atoms with Crippen molar-refractivity contribution in [1.82, 2.24) is 0 Å². The Morgan fingerprint density at radius 3 is 2.54 bits per heavy atom. The molecule has 0 saturated heterocycles. The summed E-state index contributed by atoms with van der Waals surface area (Å²) in [5, 5.41) is 18.8. The molecule has 0 unspecified atom stereocenters. The van der Waals surface area contributed by atoms with Crippen LogP contribution in [0.1, 0.15) is 30.4 Å². The third-order valence-corrected chi connectivity index (χ3v) is 3.74. The Bertz CT molecular complexity index is 702. The van der Waals surface area contributed by atoms with Gasteiger partial charge >= 0.3 is 0 Å². The predicted molar refractivity (Wildman–Crippen MR) is 94.4 cm³/mol. The zero-order valence-electron chi connectivity index (χ0n) is 13.7. The van der Waals surface area contributed by atoms with Crippen LogP contribution in [0.4, 0.5) is 0 Å². The van der Waals surface area contributed by atoms with E-state index >= 15 is 0 Å². The summed E-state index contributed by atoms with van der Waals surface area (Å²) < 4.78 is 5.08. The van der Waals surface area contributed by atoms with Gasteiger partial charge in [0.05, 0.1) is 7.11 Å². The van der Waals surface area contributed by atoms with E-state index in [1.165, 1.54) is 7.11 Å². The third-order valence-electron chi connectivity index (χ3n) is 3.74. The summed E-state index contributed by atoms with van der Waals surface area (Å²) >= 11 is 0. The highest BCUT2D eigenvalue weighted by molar-refractivity contribution is 5.93. The van der Waals surface area contributed by atoms with Crippen LogP contribution in [0.3, 0.4) is 0 Å². The molecular formula is C20H22O4. The van der Waals surface area contributed by atoms with Crippen molar-refractivity contribution in [2.75, 3.05) is 7.11 Å². The van der Waals surface area contributed by atoms with Crippen LogP contribution in [-0.4, -0.2) is 23.1 Å². The summed E-state index contributed by atoms with van der Waals surface area (Å²) in [6, 6.07) is 12.0. The average molecular weight is 326 g/mol. The zero-order chi connectivity index (χ0) is 17.4. The highest BCUT2D eigenvalue weighted by atomic mass is 16.5. The smallest absolute Gasteiger partial charge is 0.160 e. The predicted octanol–water partition coefficient (Wildman–Crippen LogP) is 4.10. The number of carbonyl (C=O) groups is 1. The standard InChI is InChI=1S/C20H22O4/c1-24-20-14-16(9-13-19(20)23)4-2-3-5-17(21)10-6-15-7-11-18(22)12-8-15/h6-14,22-23H,2-5H2,1H3/b10-6+. The van der Waals surface area contributed by atoms with Gasteiger partial charge in [-0.1, -0.05) is 24.3 Å². The van der Waals surface area contributed by atoms with Crippen LogP contribution in [0.15, 0.2) is 48.5 Å². The first-order valence-electron chi connectivity index (χ1n) is 7.94. The lowest BCUT2D eigenvalue weighted by atomic mass is 10.0. The van der Waals surface area contributed by atoms with E-state index in [1.807, 2.05) is 12.1 Å². The number of phenolic OH excluding ortho intramolecular Hbond substituents is 2. The maximum atomic E-state index is 11.9. The van der Waals surface area contributed by atoms with E-state index in [4.69, 9.17) is 4.74 Å². The zero-order valence-corrected chi connectivity index (χ0v) is 13.7. The first-order valence-corrected chi connectivity index (χ1v) is 7.94. The van der Waals surface area contributed by atoms with Gasteiger partial charge in [-0.2, -0.15) is 0 Å². The van der Waals surface area contributed by atoms with Crippen molar-refractivity contribution >= 4 is 11.9 Å². The minimum Gasteiger partial charge on any atom is -0.508 e. The first kappa shape index (κ1) is 17.6. The second-order valence-electron chi connectivity index (χ2n) is 5.60. The van der Waals surface area contributed by atoms with Gasteiger partial charge in [-0.15, -0.1) is 0 Å². The molecule has 24 heavy (non-hydrogen) atoms. The fraction of sp³-hybridized carbons (Fsp3) is 0.250. The molecule has 0 atom stereocenters. The van der Waals surface area contributed by atoms with Crippen molar-refractivity contribution in [3.63, 3.8) is 0 Å². The number of aromatic hydroxyl groups is 2. The Morgan fingerprint density at radius 2 is 1.83 bits per heavy atom.